The molecule has 0 aliphatic carbocycles. The predicted molar refractivity (Wildman–Crippen MR) is 102 cm³/mol. The number of anilines is 1. The van der Waals surface area contributed by atoms with Gasteiger partial charge in [0, 0.05) is 30.0 Å². The molecule has 27 heavy (non-hydrogen) atoms. The van der Waals surface area contributed by atoms with Crippen molar-refractivity contribution in [1.82, 2.24) is 14.5 Å². The van der Waals surface area contributed by atoms with Crippen LogP contribution in [0.1, 0.15) is 12.8 Å². The van der Waals surface area contributed by atoms with E-state index < -0.39 is 10.0 Å². The maximum absolute atomic E-state index is 12.5. The maximum atomic E-state index is 12.5. The summed E-state index contributed by atoms with van der Waals surface area (Å²) in [5, 5.41) is 15.9. The summed E-state index contributed by atoms with van der Waals surface area (Å²) in [5.41, 5.74) is 0.806. The van der Waals surface area contributed by atoms with Gasteiger partial charge < -0.3 is 4.42 Å². The molecule has 8 nitrogen and oxygen atoms in total. The molecule has 4 rings (SSSR count). The fourth-order valence-corrected chi connectivity index (χ4v) is 6.12. The molecule has 3 aromatic rings. The number of hydrogen-bond donors (Lipinski definition) is 1. The van der Waals surface area contributed by atoms with Crippen LogP contribution in [0.25, 0.3) is 11.5 Å². The van der Waals surface area contributed by atoms with Crippen molar-refractivity contribution in [3.05, 3.63) is 34.3 Å². The quantitative estimate of drug-likeness (QED) is 0.675. The highest BCUT2D eigenvalue weighted by Crippen LogP contribution is 2.27. The number of rotatable bonds is 5. The lowest BCUT2D eigenvalue weighted by Crippen LogP contribution is -2.41. The van der Waals surface area contributed by atoms with Gasteiger partial charge in [-0.2, -0.15) is 15.6 Å². The van der Waals surface area contributed by atoms with Crippen LogP contribution in [0.5, 0.6) is 0 Å². The van der Waals surface area contributed by atoms with Gasteiger partial charge in [0.2, 0.25) is 5.91 Å². The molecule has 1 N–H and O–H groups in total. The van der Waals surface area contributed by atoms with E-state index in [0.717, 1.165) is 5.56 Å². The Morgan fingerprint density at radius 3 is 2.70 bits per heavy atom. The van der Waals surface area contributed by atoms with Crippen molar-refractivity contribution in [2.45, 2.75) is 17.1 Å². The van der Waals surface area contributed by atoms with Crippen LogP contribution in [0.4, 0.5) is 6.01 Å². The first-order chi connectivity index (χ1) is 13.0. The molecule has 142 valence electrons. The van der Waals surface area contributed by atoms with E-state index in [1.54, 1.807) is 17.5 Å². The second-order valence-corrected chi connectivity index (χ2v) is 9.92. The zero-order chi connectivity index (χ0) is 18.9. The van der Waals surface area contributed by atoms with Gasteiger partial charge in [0.1, 0.15) is 4.21 Å². The van der Waals surface area contributed by atoms with Gasteiger partial charge in [0.05, 0.1) is 0 Å². The largest absolute Gasteiger partial charge is 0.403 e. The Labute approximate surface area is 163 Å². The SMILES string of the molecule is O=C(Nc1nnc(-c2ccsc2)o1)C1CCN(S(=O)(=O)c2cccs2)CC1. The normalized spacial score (nSPS) is 16.4. The average Bonchev–Trinajstić information content (AvgIpc) is 3.42. The van der Waals surface area contributed by atoms with Crippen LogP contribution in [0.2, 0.25) is 0 Å². The molecule has 1 fully saturated rings. The minimum absolute atomic E-state index is 0.0508. The number of thiophene rings is 2. The van der Waals surface area contributed by atoms with Gasteiger partial charge in [0.15, 0.2) is 0 Å². The van der Waals surface area contributed by atoms with E-state index in [1.807, 2.05) is 16.8 Å². The molecule has 11 heteroatoms. The van der Waals surface area contributed by atoms with Gasteiger partial charge in [-0.25, -0.2) is 8.42 Å². The monoisotopic (exact) mass is 424 g/mol. The number of hydrogen-bond acceptors (Lipinski definition) is 8. The summed E-state index contributed by atoms with van der Waals surface area (Å²) in [6.07, 6.45) is 0.893. The lowest BCUT2D eigenvalue weighted by molar-refractivity contribution is -0.121. The number of amides is 1. The first-order valence-corrected chi connectivity index (χ1v) is 11.5. The standard InChI is InChI=1S/C16H16N4O4S3/c21-14(17-16-19-18-15(24-16)12-5-9-25-10-12)11-3-6-20(7-4-11)27(22,23)13-2-1-8-26-13/h1-2,5,8-11H,3-4,6-7H2,(H,17,19,21). The molecule has 0 unspecified atom stereocenters. The average molecular weight is 425 g/mol. The highest BCUT2D eigenvalue weighted by molar-refractivity contribution is 7.91. The lowest BCUT2D eigenvalue weighted by Gasteiger charge is -2.29. The van der Waals surface area contributed by atoms with Crippen LogP contribution in [0.3, 0.4) is 0 Å². The van der Waals surface area contributed by atoms with Crippen LogP contribution in [-0.4, -0.2) is 41.9 Å². The highest BCUT2D eigenvalue weighted by Gasteiger charge is 2.33. The van der Waals surface area contributed by atoms with E-state index in [-0.39, 0.29) is 17.8 Å². The van der Waals surface area contributed by atoms with Gasteiger partial charge >= 0.3 is 6.01 Å². The summed E-state index contributed by atoms with van der Waals surface area (Å²) in [5.74, 6) is -0.177. The number of carbonyl (C=O) groups is 1. The fraction of sp³-hybridized carbons (Fsp3) is 0.312. The Hall–Kier alpha value is -2.08. The number of nitrogens with one attached hydrogen (secondary N) is 1. The third-order valence-corrected chi connectivity index (χ3v) is 8.29. The number of carbonyl (C=O) groups excluding carboxylic acids is 1. The molecule has 0 saturated carbocycles. The third-order valence-electron chi connectivity index (χ3n) is 4.34. The molecular formula is C16H16N4O4S3. The molecule has 0 bridgehead atoms. The molecule has 0 spiro atoms. The second kappa shape index (κ2) is 7.50. The Morgan fingerprint density at radius 1 is 1.22 bits per heavy atom. The summed E-state index contributed by atoms with van der Waals surface area (Å²) in [6.45, 7) is 0.616. The van der Waals surface area contributed by atoms with Crippen molar-refractivity contribution in [3.63, 3.8) is 0 Å². The summed E-state index contributed by atoms with van der Waals surface area (Å²) in [6, 6.07) is 5.22. The topological polar surface area (TPSA) is 105 Å². The number of piperidine rings is 1. The molecule has 0 atom stereocenters. The van der Waals surface area contributed by atoms with Crippen molar-refractivity contribution in [3.8, 4) is 11.5 Å². The van der Waals surface area contributed by atoms with Crippen molar-refractivity contribution in [2.75, 3.05) is 18.4 Å². The summed E-state index contributed by atoms with van der Waals surface area (Å²) in [7, 11) is -3.47. The van der Waals surface area contributed by atoms with Crippen molar-refractivity contribution in [2.24, 2.45) is 5.92 Å². The van der Waals surface area contributed by atoms with E-state index in [9.17, 15) is 13.2 Å². The van der Waals surface area contributed by atoms with Crippen LogP contribution in [-0.2, 0) is 14.8 Å². The van der Waals surface area contributed by atoms with Gasteiger partial charge in [-0.05, 0) is 35.7 Å². The Morgan fingerprint density at radius 2 is 2.04 bits per heavy atom. The predicted octanol–water partition coefficient (Wildman–Crippen LogP) is 2.90. The molecular weight excluding hydrogens is 408 g/mol. The van der Waals surface area contributed by atoms with E-state index in [2.05, 4.69) is 15.5 Å². The molecule has 0 radical (unpaired) electrons. The Bertz CT molecular complexity index is 1000. The minimum atomic E-state index is -3.47. The maximum Gasteiger partial charge on any atom is 0.322 e. The molecule has 0 aromatic carbocycles. The highest BCUT2D eigenvalue weighted by atomic mass is 32.2. The Balaban J connectivity index is 1.35. The van der Waals surface area contributed by atoms with Crippen LogP contribution in [0.15, 0.2) is 43.0 Å². The molecule has 1 saturated heterocycles. The van der Waals surface area contributed by atoms with Crippen molar-refractivity contribution in [1.29, 1.82) is 0 Å². The van der Waals surface area contributed by atoms with Gasteiger partial charge in [0.25, 0.3) is 15.9 Å². The van der Waals surface area contributed by atoms with Crippen LogP contribution >= 0.6 is 22.7 Å². The summed E-state index contributed by atoms with van der Waals surface area (Å²) in [4.78, 5) is 12.4. The first-order valence-electron chi connectivity index (χ1n) is 8.24. The van der Waals surface area contributed by atoms with Crippen molar-refractivity contribution >= 4 is 44.6 Å². The number of sulfonamides is 1. The number of aromatic nitrogens is 2. The summed E-state index contributed by atoms with van der Waals surface area (Å²) < 4.78 is 32.3. The lowest BCUT2D eigenvalue weighted by atomic mass is 9.97. The molecule has 4 heterocycles. The second-order valence-electron chi connectivity index (χ2n) is 6.02. The van der Waals surface area contributed by atoms with Gasteiger partial charge in [-0.3, -0.25) is 10.1 Å². The number of nitrogens with zero attached hydrogens (tertiary/aromatic N) is 3. The Kier molecular flexibility index (Phi) is 5.08. The van der Waals surface area contributed by atoms with Crippen molar-refractivity contribution < 1.29 is 17.6 Å². The van der Waals surface area contributed by atoms with Gasteiger partial charge in [-0.1, -0.05) is 11.2 Å². The molecule has 1 aliphatic rings. The molecule has 3 aromatic heterocycles. The zero-order valence-corrected chi connectivity index (χ0v) is 16.5. The molecule has 1 aliphatic heterocycles. The van der Waals surface area contributed by atoms with Crippen LogP contribution in [0, 0.1) is 5.92 Å². The third kappa shape index (κ3) is 3.81. The minimum Gasteiger partial charge on any atom is -0.403 e. The van der Waals surface area contributed by atoms with E-state index >= 15 is 0 Å². The zero-order valence-electron chi connectivity index (χ0n) is 14.1. The van der Waals surface area contributed by atoms with E-state index in [0.29, 0.717) is 36.0 Å². The summed E-state index contributed by atoms with van der Waals surface area (Å²) >= 11 is 2.71. The van der Waals surface area contributed by atoms with Gasteiger partial charge in [-0.15, -0.1) is 16.4 Å². The van der Waals surface area contributed by atoms with Crippen LogP contribution < -0.4 is 5.32 Å². The smallest absolute Gasteiger partial charge is 0.322 e. The van der Waals surface area contributed by atoms with E-state index in [1.165, 1.54) is 27.0 Å². The molecule has 1 amide bonds. The fourth-order valence-electron chi connectivity index (χ4n) is 2.88. The first kappa shape index (κ1) is 18.3. The van der Waals surface area contributed by atoms with E-state index in [4.69, 9.17) is 4.42 Å².